The van der Waals surface area contributed by atoms with Crippen molar-refractivity contribution < 1.29 is 4.42 Å². The van der Waals surface area contributed by atoms with Crippen molar-refractivity contribution in [1.29, 1.82) is 0 Å². The third-order valence-electron chi connectivity index (χ3n) is 2.84. The number of benzene rings is 1. The van der Waals surface area contributed by atoms with Gasteiger partial charge in [0, 0.05) is 10.8 Å². The number of thiazole rings is 1. The lowest BCUT2D eigenvalue weighted by molar-refractivity contribution is 0.520. The Balaban J connectivity index is 2.10. The third-order valence-corrected chi connectivity index (χ3v) is 3.44. The molecule has 0 aliphatic carbocycles. The summed E-state index contributed by atoms with van der Waals surface area (Å²) >= 11 is 1.54. The van der Waals surface area contributed by atoms with E-state index in [0.29, 0.717) is 0 Å². The summed E-state index contributed by atoms with van der Waals surface area (Å²) in [7, 11) is 0. The number of fused-ring (bicyclic) bond motifs is 1. The molecular weight excluding hydrogens is 232 g/mol. The van der Waals surface area contributed by atoms with Crippen molar-refractivity contribution in [2.24, 2.45) is 5.73 Å². The topological polar surface area (TPSA) is 52.0 Å². The zero-order valence-corrected chi connectivity index (χ0v) is 10.2. The van der Waals surface area contributed by atoms with Crippen LogP contribution in [0.3, 0.4) is 0 Å². The highest BCUT2D eigenvalue weighted by molar-refractivity contribution is 7.07. The molecule has 0 spiro atoms. The Labute approximate surface area is 103 Å². The molecule has 3 rings (SSSR count). The zero-order chi connectivity index (χ0) is 11.8. The molecule has 0 saturated heterocycles. The molecule has 2 N–H and O–H groups in total. The Hall–Kier alpha value is -1.65. The van der Waals surface area contributed by atoms with Gasteiger partial charge in [-0.1, -0.05) is 18.2 Å². The molecule has 0 aliphatic heterocycles. The number of aromatic nitrogens is 1. The maximum absolute atomic E-state index is 6.13. The zero-order valence-electron chi connectivity index (χ0n) is 9.38. The van der Waals surface area contributed by atoms with Crippen LogP contribution in [0.2, 0.25) is 0 Å². The second kappa shape index (κ2) is 3.98. The van der Waals surface area contributed by atoms with E-state index in [0.717, 1.165) is 28.0 Å². The highest BCUT2D eigenvalue weighted by Gasteiger charge is 2.16. The van der Waals surface area contributed by atoms with Gasteiger partial charge in [-0.25, -0.2) is 4.98 Å². The molecule has 1 atom stereocenters. The Morgan fingerprint density at radius 1 is 1.41 bits per heavy atom. The van der Waals surface area contributed by atoms with Crippen LogP contribution in [0.5, 0.6) is 0 Å². The van der Waals surface area contributed by atoms with Gasteiger partial charge in [0.15, 0.2) is 0 Å². The van der Waals surface area contributed by atoms with Gasteiger partial charge in [-0.15, -0.1) is 11.3 Å². The Kier molecular flexibility index (Phi) is 2.46. The number of nitrogens with zero attached hydrogens (tertiary/aromatic N) is 1. The van der Waals surface area contributed by atoms with Crippen molar-refractivity contribution in [2.45, 2.75) is 13.0 Å². The van der Waals surface area contributed by atoms with Crippen molar-refractivity contribution in [3.8, 4) is 0 Å². The first kappa shape index (κ1) is 10.5. The van der Waals surface area contributed by atoms with Gasteiger partial charge < -0.3 is 10.2 Å². The van der Waals surface area contributed by atoms with E-state index in [1.54, 1.807) is 5.51 Å². The van der Waals surface area contributed by atoms with E-state index in [1.807, 2.05) is 36.6 Å². The smallest absolute Gasteiger partial charge is 0.137 e. The van der Waals surface area contributed by atoms with E-state index in [4.69, 9.17) is 10.2 Å². The van der Waals surface area contributed by atoms with Gasteiger partial charge in [0.05, 0.1) is 11.2 Å². The number of nitrogens with two attached hydrogens (primary N) is 1. The van der Waals surface area contributed by atoms with Crippen LogP contribution in [0.15, 0.2) is 39.6 Å². The minimum absolute atomic E-state index is 0.284. The van der Waals surface area contributed by atoms with Gasteiger partial charge in [-0.05, 0) is 18.6 Å². The normalized spacial score (nSPS) is 13.1. The molecule has 0 amide bonds. The number of furan rings is 1. The first-order chi connectivity index (χ1) is 8.25. The van der Waals surface area contributed by atoms with Crippen LogP contribution in [0.1, 0.15) is 23.1 Å². The maximum atomic E-state index is 6.13. The predicted octanol–water partition coefficient (Wildman–Crippen LogP) is 3.25. The summed E-state index contributed by atoms with van der Waals surface area (Å²) in [6.45, 7) is 2.03. The summed E-state index contributed by atoms with van der Waals surface area (Å²) in [5.41, 5.74) is 10.8. The number of hydrogen-bond acceptors (Lipinski definition) is 4. The van der Waals surface area contributed by atoms with E-state index in [9.17, 15) is 0 Å². The first-order valence-corrected chi connectivity index (χ1v) is 6.32. The van der Waals surface area contributed by atoms with Gasteiger partial charge in [-0.2, -0.15) is 0 Å². The fourth-order valence-electron chi connectivity index (χ4n) is 1.90. The molecule has 0 radical (unpaired) electrons. The fourth-order valence-corrected chi connectivity index (χ4v) is 2.49. The third kappa shape index (κ3) is 1.75. The molecule has 0 saturated carbocycles. The summed E-state index contributed by atoms with van der Waals surface area (Å²) in [6.07, 6.45) is 0. The number of hydrogen-bond donors (Lipinski definition) is 1. The maximum Gasteiger partial charge on any atom is 0.137 e. The van der Waals surface area contributed by atoms with Crippen molar-refractivity contribution in [2.75, 3.05) is 0 Å². The summed E-state index contributed by atoms with van der Waals surface area (Å²) in [4.78, 5) is 4.22. The van der Waals surface area contributed by atoms with Gasteiger partial charge in [0.1, 0.15) is 17.4 Å². The van der Waals surface area contributed by atoms with E-state index in [2.05, 4.69) is 4.98 Å². The van der Waals surface area contributed by atoms with Crippen molar-refractivity contribution in [1.82, 2.24) is 4.98 Å². The number of aryl methyl sites for hydroxylation is 1. The van der Waals surface area contributed by atoms with Gasteiger partial charge in [-0.3, -0.25) is 0 Å². The summed E-state index contributed by atoms with van der Waals surface area (Å²) < 4.78 is 5.82. The first-order valence-electron chi connectivity index (χ1n) is 5.38. The number of para-hydroxylation sites is 1. The molecule has 3 aromatic rings. The number of rotatable bonds is 2. The predicted molar refractivity (Wildman–Crippen MR) is 69.1 cm³/mol. The molecule has 3 nitrogen and oxygen atoms in total. The average molecular weight is 244 g/mol. The highest BCUT2D eigenvalue weighted by Crippen LogP contribution is 2.28. The van der Waals surface area contributed by atoms with E-state index < -0.39 is 0 Å². The molecule has 1 unspecified atom stereocenters. The highest BCUT2D eigenvalue weighted by atomic mass is 32.1. The molecule has 86 valence electrons. The second-order valence-corrected chi connectivity index (χ2v) is 4.75. The van der Waals surface area contributed by atoms with Crippen LogP contribution < -0.4 is 5.73 Å². The molecular formula is C13H12N2OS. The molecule has 2 aromatic heterocycles. The van der Waals surface area contributed by atoms with E-state index >= 15 is 0 Å². The minimum atomic E-state index is -0.284. The van der Waals surface area contributed by atoms with Crippen LogP contribution in [-0.2, 0) is 0 Å². The summed E-state index contributed by atoms with van der Waals surface area (Å²) in [6, 6.07) is 7.79. The van der Waals surface area contributed by atoms with Crippen molar-refractivity contribution in [3.05, 3.63) is 52.2 Å². The minimum Gasteiger partial charge on any atom is -0.459 e. The second-order valence-electron chi connectivity index (χ2n) is 4.03. The lowest BCUT2D eigenvalue weighted by Crippen LogP contribution is -2.10. The quantitative estimate of drug-likeness (QED) is 0.752. The van der Waals surface area contributed by atoms with Crippen LogP contribution in [0, 0.1) is 6.92 Å². The molecule has 2 heterocycles. The average Bonchev–Trinajstić information content (AvgIpc) is 2.98. The van der Waals surface area contributed by atoms with Crippen molar-refractivity contribution in [3.63, 3.8) is 0 Å². The molecule has 1 aromatic carbocycles. The van der Waals surface area contributed by atoms with Gasteiger partial charge in [0.25, 0.3) is 0 Å². The van der Waals surface area contributed by atoms with E-state index in [1.165, 1.54) is 11.3 Å². The largest absolute Gasteiger partial charge is 0.459 e. The Bertz CT molecular complexity index is 643. The van der Waals surface area contributed by atoms with E-state index in [-0.39, 0.29) is 6.04 Å². The molecule has 0 fully saturated rings. The van der Waals surface area contributed by atoms with Crippen LogP contribution in [0.25, 0.3) is 11.0 Å². The standard InChI is InChI=1S/C13H12N2OS/c1-8-3-2-4-9-5-11(16-13(8)9)12(14)10-6-17-7-15-10/h2-7,12H,14H2,1H3. The molecule has 4 heteroatoms. The van der Waals surface area contributed by atoms with Crippen LogP contribution in [0.4, 0.5) is 0 Å². The SMILES string of the molecule is Cc1cccc2cc(C(N)c3cscn3)oc12. The lowest BCUT2D eigenvalue weighted by Gasteiger charge is -2.03. The van der Waals surface area contributed by atoms with Crippen molar-refractivity contribution >= 4 is 22.3 Å². The lowest BCUT2D eigenvalue weighted by atomic mass is 10.1. The van der Waals surface area contributed by atoms with Gasteiger partial charge in [0.2, 0.25) is 0 Å². The molecule has 0 bridgehead atoms. The van der Waals surface area contributed by atoms with Crippen LogP contribution in [-0.4, -0.2) is 4.98 Å². The Morgan fingerprint density at radius 3 is 3.00 bits per heavy atom. The molecule has 0 aliphatic rings. The van der Waals surface area contributed by atoms with Crippen LogP contribution >= 0.6 is 11.3 Å². The summed E-state index contributed by atoms with van der Waals surface area (Å²) in [5.74, 6) is 0.764. The van der Waals surface area contributed by atoms with Gasteiger partial charge >= 0.3 is 0 Å². The summed E-state index contributed by atoms with van der Waals surface area (Å²) in [5, 5.41) is 3.04. The molecule has 17 heavy (non-hydrogen) atoms. The fraction of sp³-hybridized carbons (Fsp3) is 0.154. The monoisotopic (exact) mass is 244 g/mol. The Morgan fingerprint density at radius 2 is 2.29 bits per heavy atom.